The Kier molecular flexibility index (Phi) is 3.99. The third kappa shape index (κ3) is 3.60. The van der Waals surface area contributed by atoms with Crippen molar-refractivity contribution in [2.75, 3.05) is 0 Å². The fraction of sp³-hybridized carbons (Fsp3) is 0.357. The van der Waals surface area contributed by atoms with Crippen LogP contribution in [-0.2, 0) is 20.0 Å². The predicted octanol–water partition coefficient (Wildman–Crippen LogP) is 1.85. The van der Waals surface area contributed by atoms with E-state index >= 15 is 0 Å². The van der Waals surface area contributed by atoms with Gasteiger partial charge in [0.2, 0.25) is 0 Å². The van der Waals surface area contributed by atoms with E-state index in [2.05, 4.69) is 17.3 Å². The van der Waals surface area contributed by atoms with Crippen LogP contribution in [0.15, 0.2) is 36.5 Å². The molecule has 0 spiro atoms. The predicted molar refractivity (Wildman–Crippen MR) is 71.3 cm³/mol. The number of nitrogens with zero attached hydrogens (tertiary/aromatic N) is 2. The van der Waals surface area contributed by atoms with Gasteiger partial charge in [0.25, 0.3) is 0 Å². The summed E-state index contributed by atoms with van der Waals surface area (Å²) < 4.78 is 1.81. The first-order valence-corrected chi connectivity index (χ1v) is 6.13. The number of phenols is 1. The number of aromatic nitrogens is 2. The van der Waals surface area contributed by atoms with Crippen LogP contribution >= 0.6 is 0 Å². The Balaban J connectivity index is 1.81. The van der Waals surface area contributed by atoms with Gasteiger partial charge in [-0.1, -0.05) is 12.1 Å². The lowest BCUT2D eigenvalue weighted by Gasteiger charge is -2.12. The Labute approximate surface area is 107 Å². The summed E-state index contributed by atoms with van der Waals surface area (Å²) in [7, 11) is 1.92. The van der Waals surface area contributed by atoms with Gasteiger partial charge >= 0.3 is 0 Å². The average Bonchev–Trinajstić information content (AvgIpc) is 2.76. The molecule has 0 fully saturated rings. The van der Waals surface area contributed by atoms with Crippen molar-refractivity contribution in [2.45, 2.75) is 25.9 Å². The van der Waals surface area contributed by atoms with E-state index < -0.39 is 0 Å². The molecule has 1 aromatic carbocycles. The molecule has 18 heavy (non-hydrogen) atoms. The summed E-state index contributed by atoms with van der Waals surface area (Å²) in [6, 6.07) is 9.74. The number of nitrogens with one attached hydrogen (secondary N) is 1. The lowest BCUT2D eigenvalue weighted by atomic mass is 10.1. The normalized spacial score (nSPS) is 12.6. The van der Waals surface area contributed by atoms with Crippen LogP contribution in [0.25, 0.3) is 0 Å². The van der Waals surface area contributed by atoms with Gasteiger partial charge < -0.3 is 10.4 Å². The second kappa shape index (κ2) is 5.69. The quantitative estimate of drug-likeness (QED) is 0.845. The largest absolute Gasteiger partial charge is 0.508 e. The van der Waals surface area contributed by atoms with Crippen molar-refractivity contribution < 1.29 is 5.11 Å². The molecular formula is C14H19N3O. The highest BCUT2D eigenvalue weighted by Gasteiger charge is 2.04. The molecule has 0 aliphatic rings. The van der Waals surface area contributed by atoms with E-state index in [9.17, 15) is 5.11 Å². The van der Waals surface area contributed by atoms with E-state index in [0.29, 0.717) is 11.8 Å². The molecule has 4 heteroatoms. The van der Waals surface area contributed by atoms with E-state index in [4.69, 9.17) is 0 Å². The molecule has 96 valence electrons. The lowest BCUT2D eigenvalue weighted by Crippen LogP contribution is -2.27. The molecule has 2 rings (SSSR count). The summed E-state index contributed by atoms with van der Waals surface area (Å²) in [6.07, 6.45) is 2.88. The zero-order valence-corrected chi connectivity index (χ0v) is 10.8. The summed E-state index contributed by atoms with van der Waals surface area (Å²) in [4.78, 5) is 0. The number of hydrogen-bond acceptors (Lipinski definition) is 3. The Morgan fingerprint density at radius 1 is 1.28 bits per heavy atom. The van der Waals surface area contributed by atoms with E-state index in [1.54, 1.807) is 12.1 Å². The molecule has 1 aromatic heterocycles. The average molecular weight is 245 g/mol. The maximum Gasteiger partial charge on any atom is 0.115 e. The van der Waals surface area contributed by atoms with Crippen LogP contribution in [0.5, 0.6) is 5.75 Å². The Bertz CT molecular complexity index is 490. The molecule has 0 aliphatic heterocycles. The van der Waals surface area contributed by atoms with Gasteiger partial charge in [0.05, 0.1) is 5.69 Å². The molecule has 0 saturated carbocycles. The molecule has 0 bridgehead atoms. The fourth-order valence-electron chi connectivity index (χ4n) is 1.89. The zero-order valence-electron chi connectivity index (χ0n) is 10.8. The highest BCUT2D eigenvalue weighted by Crippen LogP contribution is 2.11. The molecule has 0 saturated heterocycles. The Hall–Kier alpha value is -1.81. The second-order valence-corrected chi connectivity index (χ2v) is 4.63. The highest BCUT2D eigenvalue weighted by atomic mass is 16.3. The zero-order chi connectivity index (χ0) is 13.0. The van der Waals surface area contributed by atoms with Crippen molar-refractivity contribution in [1.29, 1.82) is 0 Å². The van der Waals surface area contributed by atoms with Crippen molar-refractivity contribution in [3.63, 3.8) is 0 Å². The first kappa shape index (κ1) is 12.6. The van der Waals surface area contributed by atoms with Crippen molar-refractivity contribution in [3.05, 3.63) is 47.8 Å². The number of hydrogen-bond donors (Lipinski definition) is 2. The van der Waals surface area contributed by atoms with E-state index in [1.165, 1.54) is 5.56 Å². The summed E-state index contributed by atoms with van der Waals surface area (Å²) in [6.45, 7) is 2.93. The first-order valence-electron chi connectivity index (χ1n) is 6.13. The highest BCUT2D eigenvalue weighted by molar-refractivity contribution is 5.26. The van der Waals surface area contributed by atoms with Gasteiger partial charge in [0.1, 0.15) is 5.75 Å². The summed E-state index contributed by atoms with van der Waals surface area (Å²) in [5, 5.41) is 17.0. The number of benzene rings is 1. The van der Waals surface area contributed by atoms with Gasteiger partial charge in [0, 0.05) is 25.8 Å². The maximum atomic E-state index is 9.22. The molecule has 0 aliphatic carbocycles. The Morgan fingerprint density at radius 2 is 2.00 bits per heavy atom. The topological polar surface area (TPSA) is 50.1 Å². The van der Waals surface area contributed by atoms with Crippen LogP contribution < -0.4 is 5.32 Å². The van der Waals surface area contributed by atoms with Crippen molar-refractivity contribution in [3.8, 4) is 5.75 Å². The van der Waals surface area contributed by atoms with Crippen LogP contribution in [0, 0.1) is 0 Å². The van der Waals surface area contributed by atoms with Crippen molar-refractivity contribution >= 4 is 0 Å². The van der Waals surface area contributed by atoms with Gasteiger partial charge in [-0.05, 0) is 37.1 Å². The lowest BCUT2D eigenvalue weighted by molar-refractivity contribution is 0.474. The number of aromatic hydroxyl groups is 1. The van der Waals surface area contributed by atoms with E-state index in [-0.39, 0.29) is 0 Å². The maximum absolute atomic E-state index is 9.22. The summed E-state index contributed by atoms with van der Waals surface area (Å²) in [5.41, 5.74) is 2.27. The number of rotatable bonds is 5. The molecule has 4 nitrogen and oxygen atoms in total. The molecular weight excluding hydrogens is 226 g/mol. The van der Waals surface area contributed by atoms with E-state index in [0.717, 1.165) is 18.7 Å². The van der Waals surface area contributed by atoms with Gasteiger partial charge in [-0.3, -0.25) is 4.68 Å². The second-order valence-electron chi connectivity index (χ2n) is 4.63. The van der Waals surface area contributed by atoms with Gasteiger partial charge in [-0.2, -0.15) is 5.10 Å². The number of aryl methyl sites for hydroxylation is 1. The van der Waals surface area contributed by atoms with Gasteiger partial charge in [-0.25, -0.2) is 0 Å². The smallest absolute Gasteiger partial charge is 0.115 e. The standard InChI is InChI=1S/C14H19N3O/c1-11(9-12-3-5-14(18)6-4-12)15-10-13-7-8-17(2)16-13/h3-8,11,15,18H,9-10H2,1-2H3. The first-order chi connectivity index (χ1) is 8.63. The van der Waals surface area contributed by atoms with Crippen molar-refractivity contribution in [1.82, 2.24) is 15.1 Å². The Morgan fingerprint density at radius 3 is 2.61 bits per heavy atom. The molecule has 0 radical (unpaired) electrons. The molecule has 1 heterocycles. The monoisotopic (exact) mass is 245 g/mol. The molecule has 0 amide bonds. The molecule has 1 atom stereocenters. The third-order valence-corrected chi connectivity index (χ3v) is 2.88. The molecule has 1 unspecified atom stereocenters. The van der Waals surface area contributed by atoms with Crippen LogP contribution in [-0.4, -0.2) is 20.9 Å². The molecule has 2 aromatic rings. The minimum absolute atomic E-state index is 0.313. The van der Waals surface area contributed by atoms with Crippen LogP contribution in [0.4, 0.5) is 0 Å². The van der Waals surface area contributed by atoms with Crippen molar-refractivity contribution in [2.24, 2.45) is 7.05 Å². The minimum Gasteiger partial charge on any atom is -0.508 e. The minimum atomic E-state index is 0.313. The van der Waals surface area contributed by atoms with Crippen LogP contribution in [0.3, 0.4) is 0 Å². The van der Waals surface area contributed by atoms with Gasteiger partial charge in [-0.15, -0.1) is 0 Å². The number of phenolic OH excluding ortho intramolecular Hbond substituents is 1. The van der Waals surface area contributed by atoms with E-state index in [1.807, 2.05) is 36.1 Å². The summed E-state index contributed by atoms with van der Waals surface area (Å²) >= 11 is 0. The summed E-state index contributed by atoms with van der Waals surface area (Å²) in [5.74, 6) is 0.313. The molecule has 2 N–H and O–H groups in total. The fourth-order valence-corrected chi connectivity index (χ4v) is 1.89. The van der Waals surface area contributed by atoms with Crippen LogP contribution in [0.2, 0.25) is 0 Å². The third-order valence-electron chi connectivity index (χ3n) is 2.88. The SMILES string of the molecule is CC(Cc1ccc(O)cc1)NCc1ccn(C)n1. The van der Waals surface area contributed by atoms with Crippen LogP contribution in [0.1, 0.15) is 18.2 Å². The van der Waals surface area contributed by atoms with Gasteiger partial charge in [0.15, 0.2) is 0 Å².